The maximum Gasteiger partial charge on any atom is 0.333 e. The van der Waals surface area contributed by atoms with Gasteiger partial charge in [0.2, 0.25) is 0 Å². The van der Waals surface area contributed by atoms with E-state index in [1.807, 2.05) is 0 Å². The van der Waals surface area contributed by atoms with Crippen molar-refractivity contribution in [3.8, 4) is 0 Å². The van der Waals surface area contributed by atoms with E-state index in [0.717, 1.165) is 0 Å². The van der Waals surface area contributed by atoms with Crippen molar-refractivity contribution in [2.45, 2.75) is 0 Å². The molecule has 0 aliphatic carbocycles. The highest BCUT2D eigenvalue weighted by atomic mass is 32.2. The molecule has 0 rings (SSSR count). The van der Waals surface area contributed by atoms with E-state index in [1.165, 1.54) is 0 Å². The molecule has 0 aromatic heterocycles. The zero-order chi connectivity index (χ0) is 6.78. The van der Waals surface area contributed by atoms with Crippen molar-refractivity contribution in [3.05, 3.63) is 0 Å². The van der Waals surface area contributed by atoms with Crippen molar-refractivity contribution in [1.29, 1.82) is 0 Å². The molecule has 0 amide bonds. The molecule has 0 saturated carbocycles. The van der Waals surface area contributed by atoms with Crippen molar-refractivity contribution >= 4 is 17.8 Å². The predicted molar refractivity (Wildman–Crippen MR) is 24.7 cm³/mol. The molecule has 0 aromatic rings. The van der Waals surface area contributed by atoms with E-state index >= 15 is 0 Å². The van der Waals surface area contributed by atoms with Crippen LogP contribution in [0.3, 0.4) is 0 Å². The first kappa shape index (κ1) is 7.81. The van der Waals surface area contributed by atoms with Crippen LogP contribution in [-0.4, -0.2) is 18.5 Å². The Hall–Kier alpha value is -0.190. The molecule has 0 fully saturated rings. The van der Waals surface area contributed by atoms with E-state index in [9.17, 15) is 17.5 Å². The lowest BCUT2D eigenvalue weighted by Crippen LogP contribution is -1.96. The molecule has 5 nitrogen and oxygen atoms in total. The Labute approximate surface area is 46.3 Å². The standard InChI is InChI=1S/CH3O5PS/c2-7(3)1-8(4,5)6/h1H2,(H,4,5,6). The Bertz CT molecular complexity index is 213. The van der Waals surface area contributed by atoms with Crippen LogP contribution in [0.4, 0.5) is 0 Å². The Morgan fingerprint density at radius 1 is 1.38 bits per heavy atom. The Balaban J connectivity index is 4.16. The van der Waals surface area contributed by atoms with Gasteiger partial charge in [0.05, 0.1) is 0 Å². The average molecular weight is 158 g/mol. The lowest BCUT2D eigenvalue weighted by Gasteiger charge is -1.79. The summed E-state index contributed by atoms with van der Waals surface area (Å²) in [7, 11) is -7.35. The molecule has 0 spiro atoms. The zero-order valence-corrected chi connectivity index (χ0v) is 5.35. The lowest BCUT2D eigenvalue weighted by atomic mass is 11.9. The van der Waals surface area contributed by atoms with Crippen LogP contribution in [0.15, 0.2) is 0 Å². The highest BCUT2D eigenvalue weighted by molar-refractivity contribution is 7.90. The normalized spacial score (nSPS) is 11.1. The molecule has 0 saturated heterocycles. The Kier molecular flexibility index (Phi) is 2.33. The molecule has 0 heterocycles. The number of rotatable bonds is 2. The fourth-order valence-electron chi connectivity index (χ4n) is 0.133. The largest absolute Gasteiger partial charge is 0.333 e. The van der Waals surface area contributed by atoms with Gasteiger partial charge in [-0.05, 0) is 0 Å². The summed E-state index contributed by atoms with van der Waals surface area (Å²) >= 11 is 0. The van der Waals surface area contributed by atoms with E-state index in [0.29, 0.717) is 0 Å². The number of hydrogen-bond acceptors (Lipinski definition) is 4. The van der Waals surface area contributed by atoms with Crippen molar-refractivity contribution < 1.29 is 22.1 Å². The summed E-state index contributed by atoms with van der Waals surface area (Å²) in [5.41, 5.74) is -1.19. The van der Waals surface area contributed by atoms with Crippen LogP contribution >= 0.6 is 7.68 Å². The summed E-state index contributed by atoms with van der Waals surface area (Å²) in [6.07, 6.45) is 0. The van der Waals surface area contributed by atoms with Crippen LogP contribution in [0.25, 0.3) is 0 Å². The molecule has 0 bridgehead atoms. The molecule has 1 N–H and O–H groups in total. The average Bonchev–Trinajstić information content (AvgIpc) is 1.21. The summed E-state index contributed by atoms with van der Waals surface area (Å²) in [6.45, 7) is 0. The van der Waals surface area contributed by atoms with Crippen molar-refractivity contribution in [2.75, 3.05) is 5.49 Å². The first-order valence-electron chi connectivity index (χ1n) is 1.49. The zero-order valence-electron chi connectivity index (χ0n) is 3.64. The van der Waals surface area contributed by atoms with Crippen LogP contribution in [-0.2, 0) is 19.2 Å². The minimum absolute atomic E-state index is 1.19. The lowest BCUT2D eigenvalue weighted by molar-refractivity contribution is 0.484. The molecule has 0 aromatic carbocycles. The van der Waals surface area contributed by atoms with Gasteiger partial charge in [0, 0.05) is 0 Å². The first-order valence-corrected chi connectivity index (χ1v) is 4.46. The second-order valence-electron chi connectivity index (χ2n) is 1.04. The third-order valence-electron chi connectivity index (χ3n) is 0.269. The third-order valence-corrected chi connectivity index (χ3v) is 2.42. The number of hydrogen-bond donors (Lipinski definition) is 1. The monoisotopic (exact) mass is 158 g/mol. The van der Waals surface area contributed by atoms with E-state index in [1.54, 1.807) is 0 Å². The maximum atomic E-state index is 9.61. The quantitative estimate of drug-likeness (QED) is 0.451. The highest BCUT2D eigenvalue weighted by Gasteiger charge is 2.06. The van der Waals surface area contributed by atoms with Gasteiger partial charge < -0.3 is 0 Å². The topological polar surface area (TPSA) is 88.5 Å². The van der Waals surface area contributed by atoms with Gasteiger partial charge >= 0.3 is 7.68 Å². The van der Waals surface area contributed by atoms with Crippen LogP contribution < -0.4 is 0 Å². The van der Waals surface area contributed by atoms with E-state index in [2.05, 4.69) is 0 Å². The maximum absolute atomic E-state index is 9.61. The van der Waals surface area contributed by atoms with Gasteiger partial charge in [-0.25, -0.2) is 9.13 Å². The Morgan fingerprint density at radius 3 is 1.75 bits per heavy atom. The molecule has 0 atom stereocenters. The fourth-order valence-corrected chi connectivity index (χ4v) is 1.20. The molecular weight excluding hydrogens is 155 g/mol. The van der Waals surface area contributed by atoms with Crippen LogP contribution in [0.5, 0.6) is 0 Å². The molecular formula is CH3O5PS. The summed E-state index contributed by atoms with van der Waals surface area (Å²) in [6, 6.07) is 0. The van der Waals surface area contributed by atoms with E-state index < -0.39 is 23.3 Å². The van der Waals surface area contributed by atoms with Crippen LogP contribution in [0, 0.1) is 0 Å². The molecule has 0 aliphatic rings. The van der Waals surface area contributed by atoms with Gasteiger partial charge in [0.25, 0.3) is 10.1 Å². The van der Waals surface area contributed by atoms with Crippen molar-refractivity contribution in [3.63, 3.8) is 0 Å². The second kappa shape index (κ2) is 2.39. The SMILES string of the molecule is O=P(=O)CS(=O)(=O)O. The summed E-state index contributed by atoms with van der Waals surface area (Å²) in [4.78, 5) is 0. The van der Waals surface area contributed by atoms with Gasteiger partial charge in [0.15, 0.2) is 5.49 Å². The summed E-state index contributed by atoms with van der Waals surface area (Å²) < 4.78 is 46.0. The smallest absolute Gasteiger partial charge is 0.285 e. The molecule has 0 radical (unpaired) electrons. The first-order chi connectivity index (χ1) is 3.42. The van der Waals surface area contributed by atoms with Gasteiger partial charge in [0.1, 0.15) is 0 Å². The van der Waals surface area contributed by atoms with Gasteiger partial charge in [-0.15, -0.1) is 0 Å². The Morgan fingerprint density at radius 2 is 1.75 bits per heavy atom. The molecule has 7 heteroatoms. The molecule has 48 valence electrons. The summed E-state index contributed by atoms with van der Waals surface area (Å²) in [5, 5.41) is 0. The molecule has 0 unspecified atom stereocenters. The fraction of sp³-hybridized carbons (Fsp3) is 1.00. The summed E-state index contributed by atoms with van der Waals surface area (Å²) in [5.74, 6) is 0. The van der Waals surface area contributed by atoms with E-state index in [-0.39, 0.29) is 0 Å². The van der Waals surface area contributed by atoms with Gasteiger partial charge in [-0.1, -0.05) is 0 Å². The van der Waals surface area contributed by atoms with Crippen molar-refractivity contribution in [1.82, 2.24) is 0 Å². The van der Waals surface area contributed by atoms with E-state index in [4.69, 9.17) is 4.55 Å². The van der Waals surface area contributed by atoms with Crippen LogP contribution in [0.2, 0.25) is 0 Å². The van der Waals surface area contributed by atoms with Gasteiger partial charge in [-0.3, -0.25) is 4.55 Å². The minimum Gasteiger partial charge on any atom is -0.285 e. The molecule has 0 aliphatic heterocycles. The van der Waals surface area contributed by atoms with Crippen molar-refractivity contribution in [2.24, 2.45) is 0 Å². The second-order valence-corrected chi connectivity index (χ2v) is 3.91. The van der Waals surface area contributed by atoms with Gasteiger partial charge in [-0.2, -0.15) is 8.42 Å². The predicted octanol–water partition coefficient (Wildman–Crippen LogP) is 0.00460. The highest BCUT2D eigenvalue weighted by Crippen LogP contribution is 2.04. The van der Waals surface area contributed by atoms with Crippen LogP contribution in [0.1, 0.15) is 0 Å². The third kappa shape index (κ3) is 5.81. The molecule has 8 heavy (non-hydrogen) atoms. The minimum atomic E-state index is -4.32.